The van der Waals surface area contributed by atoms with Gasteiger partial charge in [0.05, 0.1) is 5.52 Å². The fraction of sp³-hybridized carbons (Fsp3) is 0.560. The summed E-state index contributed by atoms with van der Waals surface area (Å²) in [6.45, 7) is 6.46. The Hall–Kier alpha value is -2.47. The summed E-state index contributed by atoms with van der Waals surface area (Å²) in [5, 5.41) is 0.864. The van der Waals surface area contributed by atoms with Crippen molar-refractivity contribution in [1.29, 1.82) is 0 Å². The van der Waals surface area contributed by atoms with Gasteiger partial charge in [-0.3, -0.25) is 9.69 Å². The Morgan fingerprint density at radius 2 is 1.81 bits per heavy atom. The van der Waals surface area contributed by atoms with E-state index in [0.717, 1.165) is 49.6 Å². The molecule has 2 aromatic rings. The number of hydrogen-bond acceptors (Lipinski definition) is 5. The minimum Gasteiger partial charge on any atom is -0.459 e. The van der Waals surface area contributed by atoms with E-state index in [0.29, 0.717) is 18.5 Å². The number of nitrogens with zero attached hydrogens (tertiary/aromatic N) is 2. The number of fused-ring (bicyclic) bond motifs is 3. The molecule has 0 spiro atoms. The minimum atomic E-state index is -0.514. The molecule has 1 aromatic carbocycles. The van der Waals surface area contributed by atoms with E-state index in [9.17, 15) is 14.4 Å². The Bertz CT molecular complexity index is 1030. The standard InChI is InChI=1S/C25H32N2O4/c1-16(2)27-23-9-5-4-8-18(23)13-22(24(27)29)25(30)31-21-14-19-10-11-20(15-21)26(19)12-6-7-17(3)28/h4-5,8-9,13,16,19-21H,6-7,10-12,14-15H2,1-3H3/t19-,20+,21?. The number of pyridine rings is 1. The van der Waals surface area contributed by atoms with Crippen molar-refractivity contribution in [3.63, 3.8) is 0 Å². The molecule has 6 nitrogen and oxygen atoms in total. The van der Waals surface area contributed by atoms with Gasteiger partial charge in [-0.15, -0.1) is 0 Å². The number of carbonyl (C=O) groups is 2. The van der Waals surface area contributed by atoms with Crippen molar-refractivity contribution in [3.05, 3.63) is 46.2 Å². The van der Waals surface area contributed by atoms with Crippen molar-refractivity contribution in [2.24, 2.45) is 0 Å². The predicted octanol–water partition coefficient (Wildman–Crippen LogP) is 4.10. The summed E-state index contributed by atoms with van der Waals surface area (Å²) in [5.74, 6) is -0.279. The van der Waals surface area contributed by atoms with Crippen molar-refractivity contribution >= 4 is 22.7 Å². The van der Waals surface area contributed by atoms with Crippen LogP contribution in [-0.2, 0) is 9.53 Å². The second-order valence-electron chi connectivity index (χ2n) is 9.31. The molecule has 4 rings (SSSR count). The van der Waals surface area contributed by atoms with Gasteiger partial charge in [0.1, 0.15) is 17.5 Å². The lowest BCUT2D eigenvalue weighted by Crippen LogP contribution is -2.46. The predicted molar refractivity (Wildman–Crippen MR) is 120 cm³/mol. The average molecular weight is 425 g/mol. The normalized spacial score (nSPS) is 23.4. The number of ether oxygens (including phenoxy) is 1. The highest BCUT2D eigenvalue weighted by Gasteiger charge is 2.41. The molecule has 166 valence electrons. The van der Waals surface area contributed by atoms with Crippen LogP contribution in [0.4, 0.5) is 0 Å². The molecule has 0 amide bonds. The van der Waals surface area contributed by atoms with Crippen molar-refractivity contribution in [3.8, 4) is 0 Å². The van der Waals surface area contributed by atoms with E-state index in [-0.39, 0.29) is 29.1 Å². The molecule has 2 aliphatic rings. The smallest absolute Gasteiger partial charge is 0.344 e. The van der Waals surface area contributed by atoms with Crippen LogP contribution in [0.15, 0.2) is 35.1 Å². The largest absolute Gasteiger partial charge is 0.459 e. The van der Waals surface area contributed by atoms with Crippen LogP contribution in [0.1, 0.15) is 75.7 Å². The van der Waals surface area contributed by atoms with Crippen molar-refractivity contribution in [1.82, 2.24) is 9.47 Å². The third-order valence-electron chi connectivity index (χ3n) is 6.74. The van der Waals surface area contributed by atoms with Gasteiger partial charge in [-0.25, -0.2) is 4.79 Å². The number of hydrogen-bond donors (Lipinski definition) is 0. The topological polar surface area (TPSA) is 68.6 Å². The van der Waals surface area contributed by atoms with Crippen LogP contribution in [0.3, 0.4) is 0 Å². The number of aromatic nitrogens is 1. The first-order chi connectivity index (χ1) is 14.8. The summed E-state index contributed by atoms with van der Waals surface area (Å²) in [6, 6.07) is 10.0. The van der Waals surface area contributed by atoms with E-state index in [1.807, 2.05) is 38.1 Å². The summed E-state index contributed by atoms with van der Waals surface area (Å²) >= 11 is 0. The van der Waals surface area contributed by atoms with Gasteiger partial charge in [0.2, 0.25) is 0 Å². The minimum absolute atomic E-state index is 0.0563. The monoisotopic (exact) mass is 424 g/mol. The second kappa shape index (κ2) is 8.95. The maximum Gasteiger partial charge on any atom is 0.344 e. The number of ketones is 1. The van der Waals surface area contributed by atoms with Crippen LogP contribution in [0.5, 0.6) is 0 Å². The Morgan fingerprint density at radius 3 is 2.45 bits per heavy atom. The van der Waals surface area contributed by atoms with Crippen molar-refractivity contribution in [2.75, 3.05) is 6.54 Å². The molecule has 6 heteroatoms. The fourth-order valence-electron chi connectivity index (χ4n) is 5.36. The van der Waals surface area contributed by atoms with E-state index < -0.39 is 5.97 Å². The lowest BCUT2D eigenvalue weighted by atomic mass is 9.99. The van der Waals surface area contributed by atoms with Gasteiger partial charge in [-0.1, -0.05) is 18.2 Å². The zero-order chi connectivity index (χ0) is 22.1. The molecule has 1 aromatic heterocycles. The third kappa shape index (κ3) is 4.45. The summed E-state index contributed by atoms with van der Waals surface area (Å²) in [7, 11) is 0. The highest BCUT2D eigenvalue weighted by molar-refractivity contribution is 5.94. The zero-order valence-corrected chi connectivity index (χ0v) is 18.7. The van der Waals surface area contributed by atoms with Crippen LogP contribution in [0, 0.1) is 0 Å². The van der Waals surface area contributed by atoms with Gasteiger partial charge in [-0.05, 0) is 64.1 Å². The number of piperidine rings is 1. The van der Waals surface area contributed by atoms with Crippen molar-refractivity contribution < 1.29 is 14.3 Å². The van der Waals surface area contributed by atoms with Crippen LogP contribution < -0.4 is 5.56 Å². The highest BCUT2D eigenvalue weighted by atomic mass is 16.5. The molecule has 1 unspecified atom stereocenters. The van der Waals surface area contributed by atoms with E-state index in [4.69, 9.17) is 4.74 Å². The lowest BCUT2D eigenvalue weighted by Gasteiger charge is -2.38. The van der Waals surface area contributed by atoms with Gasteiger partial charge in [0.25, 0.3) is 5.56 Å². The Morgan fingerprint density at radius 1 is 1.13 bits per heavy atom. The number of para-hydroxylation sites is 1. The molecule has 2 fully saturated rings. The van der Waals surface area contributed by atoms with Gasteiger partial charge in [0.15, 0.2) is 0 Å². The SMILES string of the molecule is CC(=O)CCCN1[C@@H]2CC[C@H]1CC(OC(=O)c1cc3ccccc3n(C(C)C)c1=O)C2. The Balaban J connectivity index is 1.49. The van der Waals surface area contributed by atoms with E-state index >= 15 is 0 Å². The fourth-order valence-corrected chi connectivity index (χ4v) is 5.36. The van der Waals surface area contributed by atoms with Crippen LogP contribution in [0.25, 0.3) is 10.9 Å². The van der Waals surface area contributed by atoms with E-state index in [1.165, 1.54) is 0 Å². The second-order valence-corrected chi connectivity index (χ2v) is 9.31. The molecule has 0 N–H and O–H groups in total. The molecule has 3 atom stereocenters. The van der Waals surface area contributed by atoms with Crippen molar-refractivity contribution in [2.45, 2.75) is 83.5 Å². The first-order valence-corrected chi connectivity index (χ1v) is 11.5. The number of carbonyl (C=O) groups excluding carboxylic acids is 2. The zero-order valence-electron chi connectivity index (χ0n) is 18.7. The van der Waals surface area contributed by atoms with Gasteiger partial charge in [-0.2, -0.15) is 0 Å². The molecule has 31 heavy (non-hydrogen) atoms. The van der Waals surface area contributed by atoms with Crippen LogP contribution >= 0.6 is 0 Å². The average Bonchev–Trinajstić information content (AvgIpc) is 2.95. The van der Waals surface area contributed by atoms with Gasteiger partial charge in [0, 0.05) is 37.4 Å². The third-order valence-corrected chi connectivity index (χ3v) is 6.74. The number of benzene rings is 1. The Kier molecular flexibility index (Phi) is 6.28. The molecule has 2 bridgehead atoms. The van der Waals surface area contributed by atoms with Gasteiger partial charge >= 0.3 is 5.97 Å². The molecular formula is C25H32N2O4. The molecule has 0 aliphatic carbocycles. The highest BCUT2D eigenvalue weighted by Crippen LogP contribution is 2.37. The molecule has 0 saturated carbocycles. The first-order valence-electron chi connectivity index (χ1n) is 11.5. The van der Waals surface area contributed by atoms with E-state index in [2.05, 4.69) is 4.90 Å². The van der Waals surface area contributed by atoms with E-state index in [1.54, 1.807) is 17.6 Å². The molecular weight excluding hydrogens is 392 g/mol. The Labute approximate surface area is 183 Å². The van der Waals surface area contributed by atoms with Crippen LogP contribution in [-0.4, -0.2) is 46.0 Å². The number of Topliss-reactive ketones (excluding diaryl/α,β-unsaturated/α-hetero) is 1. The van der Waals surface area contributed by atoms with Gasteiger partial charge < -0.3 is 14.1 Å². The molecule has 0 radical (unpaired) electrons. The van der Waals surface area contributed by atoms with Crippen LogP contribution in [0.2, 0.25) is 0 Å². The number of esters is 1. The molecule has 2 aliphatic heterocycles. The maximum atomic E-state index is 13.1. The molecule has 3 heterocycles. The summed E-state index contributed by atoms with van der Waals surface area (Å²) < 4.78 is 7.55. The summed E-state index contributed by atoms with van der Waals surface area (Å²) in [5.41, 5.74) is 0.655. The first kappa shape index (κ1) is 21.8. The molecule has 2 saturated heterocycles. The summed E-state index contributed by atoms with van der Waals surface area (Å²) in [6.07, 6.45) is 5.16. The maximum absolute atomic E-state index is 13.1. The summed E-state index contributed by atoms with van der Waals surface area (Å²) in [4.78, 5) is 39.9. The lowest BCUT2D eigenvalue weighted by molar-refractivity contribution is -0.117. The number of rotatable bonds is 7. The quantitative estimate of drug-likeness (QED) is 0.626.